The lowest BCUT2D eigenvalue weighted by Crippen LogP contribution is -2.10. The summed E-state index contributed by atoms with van der Waals surface area (Å²) in [5.74, 6) is -0.187. The maximum Gasteiger partial charge on any atom is 0.259 e. The SMILES string of the molecule is O=C(Nc1nc2c(Cl)cccc2s1)c1c[nH]c2ccccc12. The molecule has 0 fully saturated rings. The summed E-state index contributed by atoms with van der Waals surface area (Å²) in [6.07, 6.45) is 1.71. The molecule has 2 N–H and O–H groups in total. The average Bonchev–Trinajstić information content (AvgIpc) is 3.11. The van der Waals surface area contributed by atoms with Gasteiger partial charge in [0, 0.05) is 17.1 Å². The lowest BCUT2D eigenvalue weighted by Gasteiger charge is -1.99. The summed E-state index contributed by atoms with van der Waals surface area (Å²) in [6.45, 7) is 0. The summed E-state index contributed by atoms with van der Waals surface area (Å²) in [5, 5.41) is 4.86. The number of aromatic nitrogens is 2. The van der Waals surface area contributed by atoms with Gasteiger partial charge in [0.25, 0.3) is 5.91 Å². The molecule has 0 unspecified atom stereocenters. The van der Waals surface area contributed by atoms with Gasteiger partial charge in [0.15, 0.2) is 5.13 Å². The van der Waals surface area contributed by atoms with E-state index in [0.717, 1.165) is 15.6 Å². The largest absolute Gasteiger partial charge is 0.360 e. The third-order valence-corrected chi connectivity index (χ3v) is 4.67. The highest BCUT2D eigenvalue weighted by Crippen LogP contribution is 2.31. The molecule has 0 aliphatic heterocycles. The van der Waals surface area contributed by atoms with Crippen molar-refractivity contribution in [2.45, 2.75) is 0 Å². The van der Waals surface area contributed by atoms with Crippen LogP contribution in [-0.4, -0.2) is 15.9 Å². The number of para-hydroxylation sites is 2. The summed E-state index contributed by atoms with van der Waals surface area (Å²) < 4.78 is 0.946. The van der Waals surface area contributed by atoms with E-state index in [1.807, 2.05) is 36.4 Å². The molecule has 0 saturated carbocycles. The van der Waals surface area contributed by atoms with E-state index >= 15 is 0 Å². The molecule has 0 spiro atoms. The Balaban J connectivity index is 1.70. The van der Waals surface area contributed by atoms with Gasteiger partial charge < -0.3 is 4.98 Å². The van der Waals surface area contributed by atoms with E-state index in [1.54, 1.807) is 12.3 Å². The van der Waals surface area contributed by atoms with Gasteiger partial charge in [0.2, 0.25) is 0 Å². The number of halogens is 1. The van der Waals surface area contributed by atoms with Crippen LogP contribution in [0.25, 0.3) is 21.1 Å². The van der Waals surface area contributed by atoms with Crippen LogP contribution >= 0.6 is 22.9 Å². The quantitative estimate of drug-likeness (QED) is 0.561. The summed E-state index contributed by atoms with van der Waals surface area (Å²) in [6, 6.07) is 13.3. The smallest absolute Gasteiger partial charge is 0.259 e. The molecule has 4 nitrogen and oxygen atoms in total. The third-order valence-electron chi connectivity index (χ3n) is 3.42. The van der Waals surface area contributed by atoms with Crippen molar-refractivity contribution in [3.63, 3.8) is 0 Å². The molecule has 0 aliphatic rings. The number of nitrogens with one attached hydrogen (secondary N) is 2. The normalized spacial score (nSPS) is 11.1. The lowest BCUT2D eigenvalue weighted by molar-refractivity contribution is 0.102. The second-order valence-corrected chi connectivity index (χ2v) is 6.25. The number of thiazole rings is 1. The number of aromatic amines is 1. The molecule has 2 heterocycles. The van der Waals surface area contributed by atoms with Crippen LogP contribution in [0.3, 0.4) is 0 Å². The number of carbonyl (C=O) groups excluding carboxylic acids is 1. The molecular formula is C16H10ClN3OS. The first-order valence-electron chi connectivity index (χ1n) is 6.65. The lowest BCUT2D eigenvalue weighted by atomic mass is 10.2. The molecule has 4 aromatic rings. The number of H-pyrrole nitrogens is 1. The number of hydrogen-bond acceptors (Lipinski definition) is 3. The highest BCUT2D eigenvalue weighted by Gasteiger charge is 2.14. The number of benzene rings is 2. The fraction of sp³-hybridized carbons (Fsp3) is 0. The molecule has 0 saturated heterocycles. The van der Waals surface area contributed by atoms with E-state index in [-0.39, 0.29) is 5.91 Å². The summed E-state index contributed by atoms with van der Waals surface area (Å²) in [5.41, 5.74) is 2.24. The van der Waals surface area contributed by atoms with Crippen molar-refractivity contribution in [3.05, 3.63) is 59.2 Å². The number of rotatable bonds is 2. The van der Waals surface area contributed by atoms with Gasteiger partial charge in [-0.3, -0.25) is 10.1 Å². The van der Waals surface area contributed by atoms with Crippen LogP contribution in [0.5, 0.6) is 0 Å². The molecule has 2 aromatic carbocycles. The maximum atomic E-state index is 12.5. The minimum absolute atomic E-state index is 0.187. The number of amides is 1. The van der Waals surface area contributed by atoms with Crippen molar-refractivity contribution < 1.29 is 4.79 Å². The highest BCUT2D eigenvalue weighted by atomic mass is 35.5. The van der Waals surface area contributed by atoms with Crippen LogP contribution in [0.4, 0.5) is 5.13 Å². The first-order chi connectivity index (χ1) is 10.7. The van der Waals surface area contributed by atoms with Gasteiger partial charge in [0.05, 0.1) is 15.3 Å². The topological polar surface area (TPSA) is 57.8 Å². The minimum atomic E-state index is -0.187. The zero-order valence-corrected chi connectivity index (χ0v) is 12.8. The molecular weight excluding hydrogens is 318 g/mol. The van der Waals surface area contributed by atoms with Crippen LogP contribution in [0.1, 0.15) is 10.4 Å². The number of carbonyl (C=O) groups is 1. The predicted octanol–water partition coefficient (Wildman–Crippen LogP) is 4.68. The number of hydrogen-bond donors (Lipinski definition) is 2. The zero-order chi connectivity index (χ0) is 15.1. The first kappa shape index (κ1) is 13.3. The van der Waals surface area contributed by atoms with Crippen LogP contribution in [-0.2, 0) is 0 Å². The van der Waals surface area contributed by atoms with Crippen molar-refractivity contribution in [2.75, 3.05) is 5.32 Å². The first-order valence-corrected chi connectivity index (χ1v) is 7.84. The van der Waals surface area contributed by atoms with Gasteiger partial charge in [-0.1, -0.05) is 47.2 Å². The Labute approximate surface area is 134 Å². The van der Waals surface area contributed by atoms with E-state index < -0.39 is 0 Å². The summed E-state index contributed by atoms with van der Waals surface area (Å²) >= 11 is 7.52. The van der Waals surface area contributed by atoms with E-state index in [0.29, 0.717) is 21.2 Å². The molecule has 1 amide bonds. The van der Waals surface area contributed by atoms with Gasteiger partial charge in [-0.05, 0) is 18.2 Å². The van der Waals surface area contributed by atoms with Gasteiger partial charge in [-0.25, -0.2) is 4.98 Å². The van der Waals surface area contributed by atoms with Crippen LogP contribution in [0.15, 0.2) is 48.7 Å². The Bertz CT molecular complexity index is 1000. The van der Waals surface area contributed by atoms with Crippen molar-refractivity contribution >= 4 is 55.1 Å². The van der Waals surface area contributed by atoms with E-state index in [4.69, 9.17) is 11.6 Å². The fourth-order valence-corrected chi connectivity index (χ4v) is 3.55. The van der Waals surface area contributed by atoms with Crippen molar-refractivity contribution in [3.8, 4) is 0 Å². The number of fused-ring (bicyclic) bond motifs is 2. The summed E-state index contributed by atoms with van der Waals surface area (Å²) in [7, 11) is 0. The highest BCUT2D eigenvalue weighted by molar-refractivity contribution is 7.22. The monoisotopic (exact) mass is 327 g/mol. The van der Waals surface area contributed by atoms with Crippen molar-refractivity contribution in [1.29, 1.82) is 0 Å². The maximum absolute atomic E-state index is 12.5. The predicted molar refractivity (Wildman–Crippen MR) is 90.9 cm³/mol. The average molecular weight is 328 g/mol. The molecule has 0 atom stereocenters. The Kier molecular flexibility index (Phi) is 3.10. The second-order valence-electron chi connectivity index (χ2n) is 4.81. The van der Waals surface area contributed by atoms with Crippen molar-refractivity contribution in [1.82, 2.24) is 9.97 Å². The Hall–Kier alpha value is -2.37. The molecule has 22 heavy (non-hydrogen) atoms. The Morgan fingerprint density at radius 3 is 2.91 bits per heavy atom. The van der Waals surface area contributed by atoms with Gasteiger partial charge in [0.1, 0.15) is 5.52 Å². The van der Waals surface area contributed by atoms with E-state index in [2.05, 4.69) is 15.3 Å². The van der Waals surface area contributed by atoms with Gasteiger partial charge in [-0.2, -0.15) is 0 Å². The van der Waals surface area contributed by atoms with E-state index in [1.165, 1.54) is 11.3 Å². The van der Waals surface area contributed by atoms with Crippen LogP contribution < -0.4 is 5.32 Å². The molecule has 4 rings (SSSR count). The van der Waals surface area contributed by atoms with E-state index in [9.17, 15) is 4.79 Å². The molecule has 2 aromatic heterocycles. The molecule has 0 radical (unpaired) electrons. The number of nitrogens with zero attached hydrogens (tertiary/aromatic N) is 1. The van der Waals surface area contributed by atoms with Crippen molar-refractivity contribution in [2.24, 2.45) is 0 Å². The molecule has 0 aliphatic carbocycles. The Morgan fingerprint density at radius 2 is 2.05 bits per heavy atom. The van der Waals surface area contributed by atoms with Gasteiger partial charge in [-0.15, -0.1) is 0 Å². The Morgan fingerprint density at radius 1 is 1.18 bits per heavy atom. The second kappa shape index (κ2) is 5.12. The minimum Gasteiger partial charge on any atom is -0.360 e. The summed E-state index contributed by atoms with van der Waals surface area (Å²) in [4.78, 5) is 19.9. The van der Waals surface area contributed by atoms with Gasteiger partial charge >= 0.3 is 0 Å². The molecule has 6 heteroatoms. The fourth-order valence-electron chi connectivity index (χ4n) is 2.39. The van der Waals surface area contributed by atoms with Crippen LogP contribution in [0.2, 0.25) is 5.02 Å². The molecule has 0 bridgehead atoms. The standard InChI is InChI=1S/C16H10ClN3OS/c17-11-5-3-7-13-14(11)19-16(22-13)20-15(21)10-8-18-12-6-2-1-4-9(10)12/h1-8,18H,(H,19,20,21). The number of anilines is 1. The van der Waals surface area contributed by atoms with Crippen LogP contribution in [0, 0.1) is 0 Å². The third kappa shape index (κ3) is 2.15. The molecule has 108 valence electrons. The zero-order valence-electron chi connectivity index (χ0n) is 11.3.